The second kappa shape index (κ2) is 5.46. The third kappa shape index (κ3) is 2.90. The lowest BCUT2D eigenvalue weighted by Crippen LogP contribution is -2.60. The van der Waals surface area contributed by atoms with Crippen LogP contribution in [0.4, 0.5) is 0 Å². The minimum atomic E-state index is -0.278. The first-order valence-corrected chi connectivity index (χ1v) is 7.27. The van der Waals surface area contributed by atoms with Gasteiger partial charge in [0.15, 0.2) is 0 Å². The molecule has 19 heavy (non-hydrogen) atoms. The predicted molar refractivity (Wildman–Crippen MR) is 70.6 cm³/mol. The maximum atomic E-state index is 12.1. The number of fused-ring (bicyclic) bond motifs is 1. The van der Waals surface area contributed by atoms with Crippen LogP contribution in [-0.4, -0.2) is 61.0 Å². The van der Waals surface area contributed by atoms with Crippen molar-refractivity contribution in [2.75, 3.05) is 26.2 Å². The van der Waals surface area contributed by atoms with Crippen molar-refractivity contribution in [2.24, 2.45) is 0 Å². The standard InChI is InChI=1S/C13H22N4O2/c18-12-8-14-11(7-15-12)13(19)16-9-3-5-17-4-1-2-10(17)6-9/h9-11,14H,1-8H2,(H,15,18)(H,16,19). The number of rotatable bonds is 2. The highest BCUT2D eigenvalue weighted by atomic mass is 16.2. The summed E-state index contributed by atoms with van der Waals surface area (Å²) in [5.74, 6) is -0.0141. The molecule has 0 radical (unpaired) electrons. The summed E-state index contributed by atoms with van der Waals surface area (Å²) < 4.78 is 0. The molecule has 0 aromatic carbocycles. The van der Waals surface area contributed by atoms with E-state index in [1.54, 1.807) is 0 Å². The van der Waals surface area contributed by atoms with Crippen LogP contribution in [0.1, 0.15) is 25.7 Å². The van der Waals surface area contributed by atoms with Crippen LogP contribution in [0.2, 0.25) is 0 Å². The lowest BCUT2D eigenvalue weighted by Gasteiger charge is -2.36. The first-order valence-electron chi connectivity index (χ1n) is 7.27. The fourth-order valence-corrected chi connectivity index (χ4v) is 3.41. The van der Waals surface area contributed by atoms with Gasteiger partial charge in [-0.3, -0.25) is 14.9 Å². The summed E-state index contributed by atoms with van der Waals surface area (Å²) in [4.78, 5) is 25.7. The molecule has 3 atom stereocenters. The third-order valence-electron chi connectivity index (χ3n) is 4.50. The van der Waals surface area contributed by atoms with E-state index in [1.165, 1.54) is 19.4 Å². The Morgan fingerprint density at radius 3 is 3.00 bits per heavy atom. The van der Waals surface area contributed by atoms with E-state index < -0.39 is 0 Å². The Bertz CT molecular complexity index is 364. The van der Waals surface area contributed by atoms with Gasteiger partial charge < -0.3 is 15.5 Å². The van der Waals surface area contributed by atoms with Crippen LogP contribution < -0.4 is 16.0 Å². The fraction of sp³-hybridized carbons (Fsp3) is 0.846. The van der Waals surface area contributed by atoms with Gasteiger partial charge in [0.05, 0.1) is 6.54 Å². The molecule has 0 aromatic heterocycles. The molecule has 3 N–H and O–H groups in total. The molecule has 0 bridgehead atoms. The summed E-state index contributed by atoms with van der Waals surface area (Å²) in [6.07, 6.45) is 4.68. The summed E-state index contributed by atoms with van der Waals surface area (Å²) in [5.41, 5.74) is 0. The molecule has 0 saturated carbocycles. The van der Waals surface area contributed by atoms with E-state index in [2.05, 4.69) is 20.9 Å². The Labute approximate surface area is 113 Å². The summed E-state index contributed by atoms with van der Waals surface area (Å²) in [7, 11) is 0. The normalized spacial score (nSPS) is 35.6. The number of piperidine rings is 1. The second-order valence-corrected chi connectivity index (χ2v) is 5.80. The molecule has 3 rings (SSSR count). The van der Waals surface area contributed by atoms with Crippen molar-refractivity contribution in [3.8, 4) is 0 Å². The number of nitrogens with one attached hydrogen (secondary N) is 3. The molecule has 0 spiro atoms. The SMILES string of the molecule is O=C1CNC(C(=O)NC2CCN3CCCC3C2)CN1. The Kier molecular flexibility index (Phi) is 3.70. The number of piperazine rings is 1. The maximum Gasteiger partial charge on any atom is 0.239 e. The molecule has 3 aliphatic rings. The molecule has 3 unspecified atom stereocenters. The van der Waals surface area contributed by atoms with Gasteiger partial charge >= 0.3 is 0 Å². The number of carbonyl (C=O) groups excluding carboxylic acids is 2. The quantitative estimate of drug-likeness (QED) is 0.588. The van der Waals surface area contributed by atoms with Gasteiger partial charge in [-0.2, -0.15) is 0 Å². The van der Waals surface area contributed by atoms with E-state index in [9.17, 15) is 9.59 Å². The van der Waals surface area contributed by atoms with Gasteiger partial charge in [-0.25, -0.2) is 0 Å². The molecule has 6 nitrogen and oxygen atoms in total. The average Bonchev–Trinajstić information content (AvgIpc) is 2.87. The third-order valence-corrected chi connectivity index (χ3v) is 4.50. The summed E-state index contributed by atoms with van der Waals surface area (Å²) >= 11 is 0. The van der Waals surface area contributed by atoms with Crippen molar-refractivity contribution in [2.45, 2.75) is 43.8 Å². The van der Waals surface area contributed by atoms with Gasteiger partial charge in [0.1, 0.15) is 6.04 Å². The lowest BCUT2D eigenvalue weighted by molar-refractivity contribution is -0.127. The highest BCUT2D eigenvalue weighted by Gasteiger charge is 2.33. The maximum absolute atomic E-state index is 12.1. The highest BCUT2D eigenvalue weighted by Crippen LogP contribution is 2.26. The number of amides is 2. The summed E-state index contributed by atoms with van der Waals surface area (Å²) in [6, 6.07) is 0.684. The van der Waals surface area contributed by atoms with E-state index in [1.807, 2.05) is 0 Å². The van der Waals surface area contributed by atoms with Crippen molar-refractivity contribution < 1.29 is 9.59 Å². The van der Waals surface area contributed by atoms with E-state index in [-0.39, 0.29) is 24.4 Å². The summed E-state index contributed by atoms with van der Waals surface area (Å²) in [5, 5.41) is 8.82. The molecule has 0 aromatic rings. The molecule has 3 fully saturated rings. The number of hydrogen-bond acceptors (Lipinski definition) is 4. The largest absolute Gasteiger partial charge is 0.353 e. The number of nitrogens with zero attached hydrogens (tertiary/aromatic N) is 1. The predicted octanol–water partition coefficient (Wildman–Crippen LogP) is -1.18. The zero-order valence-corrected chi connectivity index (χ0v) is 11.2. The molecule has 3 aliphatic heterocycles. The van der Waals surface area contributed by atoms with Crippen LogP contribution in [0.15, 0.2) is 0 Å². The van der Waals surface area contributed by atoms with Crippen LogP contribution in [-0.2, 0) is 9.59 Å². The molecule has 106 valence electrons. The Balaban J connectivity index is 1.48. The smallest absolute Gasteiger partial charge is 0.239 e. The van der Waals surface area contributed by atoms with Crippen molar-refractivity contribution in [3.63, 3.8) is 0 Å². The zero-order chi connectivity index (χ0) is 13.2. The van der Waals surface area contributed by atoms with Crippen LogP contribution in [0.5, 0.6) is 0 Å². The molecule has 3 saturated heterocycles. The number of carbonyl (C=O) groups is 2. The molecule has 2 amide bonds. The zero-order valence-electron chi connectivity index (χ0n) is 11.2. The number of hydrogen-bond donors (Lipinski definition) is 3. The Hall–Kier alpha value is -1.14. The second-order valence-electron chi connectivity index (χ2n) is 5.80. The van der Waals surface area contributed by atoms with Crippen LogP contribution in [0.25, 0.3) is 0 Å². The molecule has 3 heterocycles. The van der Waals surface area contributed by atoms with Crippen LogP contribution in [0.3, 0.4) is 0 Å². The van der Waals surface area contributed by atoms with Gasteiger partial charge in [0.25, 0.3) is 0 Å². The van der Waals surface area contributed by atoms with Gasteiger partial charge in [0.2, 0.25) is 11.8 Å². The van der Waals surface area contributed by atoms with Crippen molar-refractivity contribution in [1.29, 1.82) is 0 Å². The van der Waals surface area contributed by atoms with Crippen molar-refractivity contribution >= 4 is 11.8 Å². The first kappa shape index (κ1) is 12.9. The molecule has 0 aliphatic carbocycles. The molecular weight excluding hydrogens is 244 g/mol. The van der Waals surface area contributed by atoms with Gasteiger partial charge in [-0.15, -0.1) is 0 Å². The lowest BCUT2D eigenvalue weighted by atomic mass is 9.97. The van der Waals surface area contributed by atoms with Crippen molar-refractivity contribution in [3.05, 3.63) is 0 Å². The van der Waals surface area contributed by atoms with Crippen LogP contribution in [0, 0.1) is 0 Å². The van der Waals surface area contributed by atoms with Crippen molar-refractivity contribution in [1.82, 2.24) is 20.9 Å². The van der Waals surface area contributed by atoms with E-state index in [0.29, 0.717) is 18.6 Å². The minimum absolute atomic E-state index is 0.0245. The topological polar surface area (TPSA) is 73.5 Å². The van der Waals surface area contributed by atoms with Gasteiger partial charge in [-0.05, 0) is 32.2 Å². The van der Waals surface area contributed by atoms with Crippen LogP contribution >= 0.6 is 0 Å². The fourth-order valence-electron chi connectivity index (χ4n) is 3.41. The Morgan fingerprint density at radius 2 is 2.21 bits per heavy atom. The average molecular weight is 266 g/mol. The van der Waals surface area contributed by atoms with E-state index >= 15 is 0 Å². The molecule has 6 heteroatoms. The van der Waals surface area contributed by atoms with E-state index in [0.717, 1.165) is 19.4 Å². The first-order chi connectivity index (χ1) is 9.22. The monoisotopic (exact) mass is 266 g/mol. The van der Waals surface area contributed by atoms with E-state index in [4.69, 9.17) is 0 Å². The summed E-state index contributed by atoms with van der Waals surface area (Å²) in [6.45, 7) is 2.96. The van der Waals surface area contributed by atoms with Gasteiger partial charge in [-0.1, -0.05) is 0 Å². The minimum Gasteiger partial charge on any atom is -0.353 e. The van der Waals surface area contributed by atoms with Gasteiger partial charge in [0, 0.05) is 25.2 Å². The highest BCUT2D eigenvalue weighted by molar-refractivity contribution is 5.86. The Morgan fingerprint density at radius 1 is 1.32 bits per heavy atom. The molecular formula is C13H22N4O2.